The molecule has 1 saturated heterocycles. The Labute approximate surface area is 123 Å². The molecule has 0 aliphatic carbocycles. The van der Waals surface area contributed by atoms with Crippen molar-refractivity contribution in [1.29, 1.82) is 0 Å². The van der Waals surface area contributed by atoms with Crippen LogP contribution in [0.15, 0.2) is 24.3 Å². The number of para-hydroxylation sites is 1. The number of anilines is 1. The number of carbonyl (C=O) groups is 1. The van der Waals surface area contributed by atoms with E-state index in [0.717, 1.165) is 29.8 Å². The van der Waals surface area contributed by atoms with Gasteiger partial charge in [0.25, 0.3) is 0 Å². The summed E-state index contributed by atoms with van der Waals surface area (Å²) >= 11 is 6.80. The van der Waals surface area contributed by atoms with E-state index in [1.54, 1.807) is 23.7 Å². The molecule has 0 aromatic heterocycles. The van der Waals surface area contributed by atoms with E-state index in [1.165, 1.54) is 6.42 Å². The van der Waals surface area contributed by atoms with Crippen molar-refractivity contribution in [3.05, 3.63) is 29.8 Å². The zero-order chi connectivity index (χ0) is 13.8. The SMILES string of the molecule is CN(C(=O)C1CCCCS1)c1ccccc1C(N)=S. The lowest BCUT2D eigenvalue weighted by atomic mass is 10.1. The van der Waals surface area contributed by atoms with Crippen molar-refractivity contribution in [2.24, 2.45) is 5.73 Å². The molecule has 5 heteroatoms. The lowest BCUT2D eigenvalue weighted by molar-refractivity contribution is -0.118. The monoisotopic (exact) mass is 294 g/mol. The number of nitrogens with zero attached hydrogens (tertiary/aromatic N) is 1. The van der Waals surface area contributed by atoms with E-state index < -0.39 is 0 Å². The predicted octanol–water partition coefficient (Wildman–Crippen LogP) is 2.57. The molecule has 19 heavy (non-hydrogen) atoms. The first-order valence-corrected chi connectivity index (χ1v) is 7.85. The Hall–Kier alpha value is -1.07. The molecular formula is C14H18N2OS2. The largest absolute Gasteiger partial charge is 0.389 e. The maximum absolute atomic E-state index is 12.5. The van der Waals surface area contributed by atoms with Gasteiger partial charge in [0.1, 0.15) is 4.99 Å². The van der Waals surface area contributed by atoms with Crippen LogP contribution >= 0.6 is 24.0 Å². The standard InChI is InChI=1S/C14H18N2OS2/c1-16(14(17)12-8-4-5-9-19-12)11-7-3-2-6-10(11)13(15)18/h2-3,6-7,12H,4-5,8-9H2,1H3,(H2,15,18). The van der Waals surface area contributed by atoms with Gasteiger partial charge < -0.3 is 10.6 Å². The third-order valence-corrected chi connectivity index (χ3v) is 4.90. The number of thiocarbonyl (C=S) groups is 1. The number of rotatable bonds is 3. The van der Waals surface area contributed by atoms with Crippen molar-refractivity contribution in [2.45, 2.75) is 24.5 Å². The van der Waals surface area contributed by atoms with Gasteiger partial charge >= 0.3 is 0 Å². The molecule has 1 atom stereocenters. The first-order chi connectivity index (χ1) is 9.11. The first-order valence-electron chi connectivity index (χ1n) is 6.39. The first kappa shape index (κ1) is 14.3. The van der Waals surface area contributed by atoms with E-state index in [2.05, 4.69) is 0 Å². The summed E-state index contributed by atoms with van der Waals surface area (Å²) < 4.78 is 0. The normalized spacial score (nSPS) is 18.9. The van der Waals surface area contributed by atoms with Gasteiger partial charge in [-0.3, -0.25) is 4.79 Å². The predicted molar refractivity (Wildman–Crippen MR) is 85.8 cm³/mol. The summed E-state index contributed by atoms with van der Waals surface area (Å²) in [4.78, 5) is 14.5. The number of nitrogens with two attached hydrogens (primary N) is 1. The van der Waals surface area contributed by atoms with Gasteiger partial charge in [0.15, 0.2) is 0 Å². The summed E-state index contributed by atoms with van der Waals surface area (Å²) in [5.41, 5.74) is 7.28. The van der Waals surface area contributed by atoms with Crippen LogP contribution in [0.5, 0.6) is 0 Å². The molecule has 2 rings (SSSR count). The van der Waals surface area contributed by atoms with Crippen molar-refractivity contribution in [3.63, 3.8) is 0 Å². The lowest BCUT2D eigenvalue weighted by Crippen LogP contribution is -2.37. The van der Waals surface area contributed by atoms with Crippen molar-refractivity contribution in [3.8, 4) is 0 Å². The van der Waals surface area contributed by atoms with Crippen LogP contribution < -0.4 is 10.6 Å². The molecule has 1 aliphatic heterocycles. The Morgan fingerprint density at radius 2 is 2.16 bits per heavy atom. The third-order valence-electron chi connectivity index (χ3n) is 3.32. The molecule has 1 heterocycles. The highest BCUT2D eigenvalue weighted by Crippen LogP contribution is 2.29. The fourth-order valence-electron chi connectivity index (χ4n) is 2.24. The summed E-state index contributed by atoms with van der Waals surface area (Å²) in [5, 5.41) is 0.0677. The number of carbonyl (C=O) groups excluding carboxylic acids is 1. The van der Waals surface area contributed by atoms with E-state index >= 15 is 0 Å². The van der Waals surface area contributed by atoms with Gasteiger partial charge in [-0.05, 0) is 30.7 Å². The minimum absolute atomic E-state index is 0.0677. The van der Waals surface area contributed by atoms with Gasteiger partial charge in [-0.1, -0.05) is 30.8 Å². The second-order valence-corrected chi connectivity index (χ2v) is 6.38. The molecule has 0 radical (unpaired) electrons. The fourth-order valence-corrected chi connectivity index (χ4v) is 3.71. The number of thioether (sulfide) groups is 1. The molecule has 0 bridgehead atoms. The van der Waals surface area contributed by atoms with Gasteiger partial charge in [-0.15, -0.1) is 11.8 Å². The van der Waals surface area contributed by atoms with Gasteiger partial charge in [0.2, 0.25) is 5.91 Å². The Morgan fingerprint density at radius 3 is 2.79 bits per heavy atom. The van der Waals surface area contributed by atoms with E-state index in [4.69, 9.17) is 18.0 Å². The molecule has 0 spiro atoms. The molecular weight excluding hydrogens is 276 g/mol. The molecule has 0 saturated carbocycles. The molecule has 1 fully saturated rings. The number of benzene rings is 1. The van der Waals surface area contributed by atoms with E-state index in [0.29, 0.717) is 4.99 Å². The van der Waals surface area contributed by atoms with Crippen LogP contribution in [-0.4, -0.2) is 28.9 Å². The minimum atomic E-state index is 0.0677. The van der Waals surface area contributed by atoms with Crippen molar-refractivity contribution in [1.82, 2.24) is 0 Å². The zero-order valence-corrected chi connectivity index (χ0v) is 12.6. The smallest absolute Gasteiger partial charge is 0.239 e. The topological polar surface area (TPSA) is 46.3 Å². The summed E-state index contributed by atoms with van der Waals surface area (Å²) in [7, 11) is 1.80. The maximum atomic E-state index is 12.5. The molecule has 102 valence electrons. The van der Waals surface area contributed by atoms with Gasteiger partial charge in [-0.2, -0.15) is 0 Å². The molecule has 1 aliphatic rings. The van der Waals surface area contributed by atoms with Crippen molar-refractivity contribution < 1.29 is 4.79 Å². The van der Waals surface area contributed by atoms with Crippen molar-refractivity contribution in [2.75, 3.05) is 17.7 Å². The Morgan fingerprint density at radius 1 is 1.42 bits per heavy atom. The summed E-state index contributed by atoms with van der Waals surface area (Å²) in [6.45, 7) is 0. The summed E-state index contributed by atoms with van der Waals surface area (Å²) in [6, 6.07) is 7.52. The van der Waals surface area contributed by atoms with Crippen molar-refractivity contribution >= 4 is 40.6 Å². The summed E-state index contributed by atoms with van der Waals surface area (Å²) in [5.74, 6) is 1.22. The highest BCUT2D eigenvalue weighted by molar-refractivity contribution is 8.00. The Kier molecular flexibility index (Phi) is 4.82. The highest BCUT2D eigenvalue weighted by Gasteiger charge is 2.26. The molecule has 3 nitrogen and oxygen atoms in total. The van der Waals surface area contributed by atoms with Crippen LogP contribution in [0, 0.1) is 0 Å². The Bertz CT molecular complexity index is 484. The Balaban J connectivity index is 2.21. The average Bonchev–Trinajstić information content (AvgIpc) is 2.46. The van der Waals surface area contributed by atoms with Gasteiger partial charge in [-0.25, -0.2) is 0 Å². The second kappa shape index (κ2) is 6.39. The van der Waals surface area contributed by atoms with Gasteiger partial charge in [0, 0.05) is 12.6 Å². The van der Waals surface area contributed by atoms with E-state index in [1.807, 2.05) is 24.3 Å². The number of amides is 1. The molecule has 1 amide bonds. The van der Waals surface area contributed by atoms with E-state index in [9.17, 15) is 4.79 Å². The average molecular weight is 294 g/mol. The number of hydrogen-bond acceptors (Lipinski definition) is 3. The zero-order valence-electron chi connectivity index (χ0n) is 11.0. The van der Waals surface area contributed by atoms with Crippen LogP contribution in [-0.2, 0) is 4.79 Å². The van der Waals surface area contributed by atoms with E-state index in [-0.39, 0.29) is 11.2 Å². The number of hydrogen-bond donors (Lipinski definition) is 1. The van der Waals surface area contributed by atoms with Gasteiger partial charge in [0.05, 0.1) is 10.9 Å². The van der Waals surface area contributed by atoms with Crippen LogP contribution in [0.4, 0.5) is 5.69 Å². The quantitative estimate of drug-likeness (QED) is 0.870. The minimum Gasteiger partial charge on any atom is -0.389 e. The molecule has 2 N–H and O–H groups in total. The summed E-state index contributed by atoms with van der Waals surface area (Å²) in [6.07, 6.45) is 3.30. The van der Waals surface area contributed by atoms with Crippen LogP contribution in [0.2, 0.25) is 0 Å². The molecule has 1 unspecified atom stereocenters. The third kappa shape index (κ3) is 3.28. The maximum Gasteiger partial charge on any atom is 0.239 e. The second-order valence-electron chi connectivity index (χ2n) is 4.63. The van der Waals surface area contributed by atoms with Crippen LogP contribution in [0.1, 0.15) is 24.8 Å². The molecule has 1 aromatic rings. The lowest BCUT2D eigenvalue weighted by Gasteiger charge is -2.27. The highest BCUT2D eigenvalue weighted by atomic mass is 32.2. The fraction of sp³-hybridized carbons (Fsp3) is 0.429. The van der Waals surface area contributed by atoms with Crippen LogP contribution in [0.25, 0.3) is 0 Å². The van der Waals surface area contributed by atoms with Crippen LogP contribution in [0.3, 0.4) is 0 Å². The molecule has 1 aromatic carbocycles.